The first-order valence-electron chi connectivity index (χ1n) is 9.98. The molecular weight excluding hydrogens is 376 g/mol. The molecule has 0 saturated carbocycles. The lowest BCUT2D eigenvalue weighted by atomic mass is 10.0. The summed E-state index contributed by atoms with van der Waals surface area (Å²) < 4.78 is 38.1. The van der Waals surface area contributed by atoms with Gasteiger partial charge >= 0.3 is 10.1 Å². The van der Waals surface area contributed by atoms with E-state index in [2.05, 4.69) is 6.92 Å². The van der Waals surface area contributed by atoms with Crippen LogP contribution in [-0.2, 0) is 16.5 Å². The minimum absolute atomic E-state index is 0.105. The smallest absolute Gasteiger partial charge is 0.301 e. The number of unbranched alkanes of at least 4 members (excludes halogenated alkanes) is 7. The Bertz CT molecular complexity index is 846. The summed E-state index contributed by atoms with van der Waals surface area (Å²) in [5.41, 5.74) is 1.11. The highest BCUT2D eigenvalue weighted by Gasteiger charge is 2.22. The number of hydrogen-bond donors (Lipinski definition) is 2. The predicted molar refractivity (Wildman–Crippen MR) is 111 cm³/mol. The van der Waals surface area contributed by atoms with E-state index in [9.17, 15) is 18.1 Å². The molecule has 6 heteroatoms. The number of phenolic OH excluding ortho intramolecular Hbond substituents is 1. The van der Waals surface area contributed by atoms with Crippen molar-refractivity contribution in [3.05, 3.63) is 48.0 Å². The first-order chi connectivity index (χ1) is 13.4. The maximum Gasteiger partial charge on any atom is 0.301 e. The third-order valence-corrected chi connectivity index (χ3v) is 5.59. The van der Waals surface area contributed by atoms with E-state index in [1.165, 1.54) is 63.1 Å². The van der Waals surface area contributed by atoms with E-state index < -0.39 is 20.8 Å². The Kier molecular flexibility index (Phi) is 8.80. The number of benzene rings is 2. The van der Waals surface area contributed by atoms with Gasteiger partial charge in [0.25, 0.3) is 0 Å². The van der Waals surface area contributed by atoms with Crippen molar-refractivity contribution >= 4 is 10.1 Å². The minimum Gasteiger partial charge on any atom is -0.506 e. The summed E-state index contributed by atoms with van der Waals surface area (Å²) in [5, 5.41) is 9.78. The van der Waals surface area contributed by atoms with E-state index in [1.807, 2.05) is 18.2 Å². The lowest BCUT2D eigenvalue weighted by Gasteiger charge is -2.11. The first-order valence-corrected chi connectivity index (χ1v) is 11.4. The van der Waals surface area contributed by atoms with E-state index in [0.717, 1.165) is 18.4 Å². The van der Waals surface area contributed by atoms with E-state index in [-0.39, 0.29) is 5.75 Å². The predicted octanol–water partition coefficient (Wildman–Crippen LogP) is 6.11. The maximum absolute atomic E-state index is 11.5. The monoisotopic (exact) mass is 406 g/mol. The number of aryl methyl sites for hydroxylation is 1. The summed E-state index contributed by atoms with van der Waals surface area (Å²) >= 11 is 0. The van der Waals surface area contributed by atoms with Gasteiger partial charge in [0.15, 0.2) is 10.6 Å². The van der Waals surface area contributed by atoms with E-state index >= 15 is 0 Å². The summed E-state index contributed by atoms with van der Waals surface area (Å²) in [5.74, 6) is -0.186. The number of rotatable bonds is 12. The molecule has 2 aromatic rings. The van der Waals surface area contributed by atoms with Crippen LogP contribution in [0.5, 0.6) is 17.2 Å². The molecule has 0 spiro atoms. The van der Waals surface area contributed by atoms with Crippen LogP contribution >= 0.6 is 0 Å². The summed E-state index contributed by atoms with van der Waals surface area (Å²) in [4.78, 5) is -0.622. The van der Waals surface area contributed by atoms with Gasteiger partial charge in [0.1, 0.15) is 11.5 Å². The zero-order valence-electron chi connectivity index (χ0n) is 16.4. The van der Waals surface area contributed by atoms with Crippen LogP contribution in [0.2, 0.25) is 0 Å². The molecule has 28 heavy (non-hydrogen) atoms. The Morgan fingerprint density at radius 2 is 1.54 bits per heavy atom. The fourth-order valence-electron chi connectivity index (χ4n) is 3.20. The second kappa shape index (κ2) is 11.1. The zero-order valence-corrected chi connectivity index (χ0v) is 17.2. The van der Waals surface area contributed by atoms with Gasteiger partial charge in [-0.3, -0.25) is 4.55 Å². The molecule has 2 aromatic carbocycles. The molecule has 0 unspecified atom stereocenters. The third-order valence-electron chi connectivity index (χ3n) is 4.66. The average molecular weight is 407 g/mol. The Labute approximate surface area is 168 Å². The Morgan fingerprint density at radius 1 is 0.893 bits per heavy atom. The summed E-state index contributed by atoms with van der Waals surface area (Å²) in [6.45, 7) is 2.22. The van der Waals surface area contributed by atoms with Crippen molar-refractivity contribution < 1.29 is 22.8 Å². The van der Waals surface area contributed by atoms with Crippen molar-refractivity contribution in [2.75, 3.05) is 0 Å². The molecule has 0 aliphatic carbocycles. The Balaban J connectivity index is 1.91. The highest BCUT2D eigenvalue weighted by atomic mass is 32.2. The first kappa shape index (κ1) is 22.2. The number of phenols is 1. The highest BCUT2D eigenvalue weighted by Crippen LogP contribution is 2.35. The lowest BCUT2D eigenvalue weighted by Crippen LogP contribution is -2.01. The molecule has 2 rings (SSSR count). The third kappa shape index (κ3) is 7.17. The SMILES string of the molecule is CCCCCCCCCCc1cccc(Oc2cccc(O)c2S(=O)(=O)O)c1. The largest absolute Gasteiger partial charge is 0.506 e. The van der Waals surface area contributed by atoms with Gasteiger partial charge in [0.2, 0.25) is 0 Å². The molecule has 0 aliphatic rings. The van der Waals surface area contributed by atoms with Crippen molar-refractivity contribution in [1.82, 2.24) is 0 Å². The van der Waals surface area contributed by atoms with Crippen LogP contribution in [0.3, 0.4) is 0 Å². The van der Waals surface area contributed by atoms with Crippen molar-refractivity contribution in [1.29, 1.82) is 0 Å². The van der Waals surface area contributed by atoms with Crippen molar-refractivity contribution in [2.24, 2.45) is 0 Å². The molecule has 0 radical (unpaired) electrons. The van der Waals surface area contributed by atoms with Gasteiger partial charge in [-0.15, -0.1) is 0 Å². The number of aromatic hydroxyl groups is 1. The molecule has 0 saturated heterocycles. The van der Waals surface area contributed by atoms with Gasteiger partial charge in [-0.25, -0.2) is 0 Å². The van der Waals surface area contributed by atoms with Crippen molar-refractivity contribution in [2.45, 2.75) is 69.6 Å². The molecular formula is C22H30O5S. The average Bonchev–Trinajstić information content (AvgIpc) is 2.63. The molecule has 5 nitrogen and oxygen atoms in total. The Morgan fingerprint density at radius 3 is 2.21 bits per heavy atom. The molecule has 154 valence electrons. The quantitative estimate of drug-likeness (QED) is 0.328. The topological polar surface area (TPSA) is 83.8 Å². The number of hydrogen-bond acceptors (Lipinski definition) is 4. The molecule has 0 aliphatic heterocycles. The van der Waals surface area contributed by atoms with Gasteiger partial charge in [-0.05, 0) is 42.7 Å². The van der Waals surface area contributed by atoms with Crippen molar-refractivity contribution in [3.8, 4) is 17.2 Å². The summed E-state index contributed by atoms with van der Waals surface area (Å²) in [6.07, 6.45) is 11.0. The standard InChI is InChI=1S/C22H30O5S/c1-2-3-4-5-6-7-8-9-12-18-13-10-14-19(17-18)27-21-16-11-15-20(23)22(21)28(24,25)26/h10-11,13-17,23H,2-9,12H2,1H3,(H,24,25,26). The highest BCUT2D eigenvalue weighted by molar-refractivity contribution is 7.86. The normalized spacial score (nSPS) is 11.5. The molecule has 0 aromatic heterocycles. The second-order valence-corrected chi connectivity index (χ2v) is 8.41. The zero-order chi connectivity index (χ0) is 20.4. The lowest BCUT2D eigenvalue weighted by molar-refractivity contribution is 0.415. The molecule has 0 fully saturated rings. The fourth-order valence-corrected chi connectivity index (χ4v) is 3.89. The van der Waals surface area contributed by atoms with Gasteiger partial charge in [0.05, 0.1) is 0 Å². The van der Waals surface area contributed by atoms with Gasteiger partial charge < -0.3 is 9.84 Å². The van der Waals surface area contributed by atoms with E-state index in [1.54, 1.807) is 6.07 Å². The molecule has 0 heterocycles. The van der Waals surface area contributed by atoms with Crippen LogP contribution < -0.4 is 4.74 Å². The molecule has 0 atom stereocenters. The van der Waals surface area contributed by atoms with Gasteiger partial charge in [0, 0.05) is 0 Å². The maximum atomic E-state index is 11.5. The van der Waals surface area contributed by atoms with E-state index in [0.29, 0.717) is 5.75 Å². The molecule has 0 bridgehead atoms. The summed E-state index contributed by atoms with van der Waals surface area (Å²) in [6, 6.07) is 11.5. The fraction of sp³-hybridized carbons (Fsp3) is 0.455. The summed E-state index contributed by atoms with van der Waals surface area (Å²) in [7, 11) is -4.60. The van der Waals surface area contributed by atoms with Crippen LogP contribution in [-0.4, -0.2) is 18.1 Å². The van der Waals surface area contributed by atoms with Gasteiger partial charge in [-0.2, -0.15) is 8.42 Å². The van der Waals surface area contributed by atoms with Gasteiger partial charge in [-0.1, -0.05) is 70.1 Å². The van der Waals surface area contributed by atoms with Crippen LogP contribution in [0.1, 0.15) is 63.9 Å². The molecule has 0 amide bonds. The molecule has 2 N–H and O–H groups in total. The van der Waals surface area contributed by atoms with E-state index in [4.69, 9.17) is 4.74 Å². The second-order valence-electron chi connectivity index (χ2n) is 7.05. The Hall–Kier alpha value is -2.05. The van der Waals surface area contributed by atoms with Crippen molar-refractivity contribution in [3.63, 3.8) is 0 Å². The minimum atomic E-state index is -4.60. The van der Waals surface area contributed by atoms with Crippen LogP contribution in [0.25, 0.3) is 0 Å². The van der Waals surface area contributed by atoms with Crippen LogP contribution in [0.15, 0.2) is 47.4 Å². The van der Waals surface area contributed by atoms with Crippen LogP contribution in [0.4, 0.5) is 0 Å². The van der Waals surface area contributed by atoms with Crippen LogP contribution in [0, 0.1) is 0 Å². The number of ether oxygens (including phenoxy) is 1.